The Balaban J connectivity index is 2.11. The van der Waals surface area contributed by atoms with Crippen LogP contribution in [0.2, 0.25) is 0 Å². The second kappa shape index (κ2) is 2.78. The van der Waals surface area contributed by atoms with E-state index in [0.717, 1.165) is 5.57 Å². The van der Waals surface area contributed by atoms with Crippen molar-refractivity contribution in [3.63, 3.8) is 0 Å². The first kappa shape index (κ1) is 9.15. The van der Waals surface area contributed by atoms with Gasteiger partial charge in [0.25, 0.3) is 0 Å². The van der Waals surface area contributed by atoms with Crippen molar-refractivity contribution >= 4 is 0 Å². The zero-order chi connectivity index (χ0) is 9.64. The lowest BCUT2D eigenvalue weighted by Crippen LogP contribution is -2.26. The summed E-state index contributed by atoms with van der Waals surface area (Å²) in [5.41, 5.74) is 0.762. The summed E-state index contributed by atoms with van der Waals surface area (Å²) in [6, 6.07) is 0. The van der Waals surface area contributed by atoms with Crippen molar-refractivity contribution in [3.05, 3.63) is 12.2 Å². The molecule has 13 heavy (non-hydrogen) atoms. The van der Waals surface area contributed by atoms with Gasteiger partial charge in [-0.25, -0.2) is 0 Å². The van der Waals surface area contributed by atoms with Crippen LogP contribution in [-0.4, -0.2) is 36.0 Å². The van der Waals surface area contributed by atoms with Crippen molar-refractivity contribution in [1.82, 2.24) is 0 Å². The minimum atomic E-state index is -0.612. The number of aliphatic hydroxyl groups is 1. The molecule has 0 spiro atoms. The molecule has 0 saturated carbocycles. The van der Waals surface area contributed by atoms with Gasteiger partial charge in [-0.05, 0) is 19.4 Å². The fourth-order valence-corrected chi connectivity index (χ4v) is 1.67. The number of hydrogen-bond acceptors (Lipinski definition) is 4. The van der Waals surface area contributed by atoms with Gasteiger partial charge in [0.1, 0.15) is 12.2 Å². The van der Waals surface area contributed by atoms with Gasteiger partial charge in [-0.15, -0.1) is 0 Å². The molecule has 0 aliphatic carbocycles. The summed E-state index contributed by atoms with van der Waals surface area (Å²) in [4.78, 5) is 0. The molecule has 2 aliphatic heterocycles. The van der Waals surface area contributed by atoms with E-state index >= 15 is 0 Å². The standard InChI is InChI=1S/C9H14O4/c1-5-6(4-10)11-8-7(5)12-9(2,3)13-8/h6-8,10H,1,4H2,2-3H3/t6-,7+,8+/m1/s1. The van der Waals surface area contributed by atoms with Gasteiger partial charge >= 0.3 is 0 Å². The van der Waals surface area contributed by atoms with E-state index in [9.17, 15) is 0 Å². The van der Waals surface area contributed by atoms with Crippen LogP contribution in [0.25, 0.3) is 0 Å². The highest BCUT2D eigenvalue weighted by molar-refractivity contribution is 5.17. The molecule has 0 aromatic heterocycles. The molecule has 74 valence electrons. The molecule has 2 heterocycles. The highest BCUT2D eigenvalue weighted by Crippen LogP contribution is 2.39. The first-order chi connectivity index (χ1) is 6.03. The molecule has 0 amide bonds. The molecule has 3 atom stereocenters. The quantitative estimate of drug-likeness (QED) is 0.602. The lowest BCUT2D eigenvalue weighted by Gasteiger charge is -2.20. The van der Waals surface area contributed by atoms with Crippen LogP contribution < -0.4 is 0 Å². The van der Waals surface area contributed by atoms with Crippen LogP contribution >= 0.6 is 0 Å². The molecule has 4 heteroatoms. The molecule has 0 unspecified atom stereocenters. The summed E-state index contributed by atoms with van der Waals surface area (Å²) in [6.07, 6.45) is -0.974. The second-order valence-corrected chi connectivity index (χ2v) is 3.81. The van der Waals surface area contributed by atoms with Gasteiger partial charge in [0, 0.05) is 0 Å². The Morgan fingerprint density at radius 1 is 1.46 bits per heavy atom. The molecular formula is C9H14O4. The average molecular weight is 186 g/mol. The molecular weight excluding hydrogens is 172 g/mol. The van der Waals surface area contributed by atoms with Crippen LogP contribution in [0.4, 0.5) is 0 Å². The maximum Gasteiger partial charge on any atom is 0.191 e. The zero-order valence-corrected chi connectivity index (χ0v) is 7.82. The molecule has 0 bridgehead atoms. The van der Waals surface area contributed by atoms with Crippen molar-refractivity contribution in [1.29, 1.82) is 0 Å². The SMILES string of the molecule is C=C1[C@@H](CO)O[C@H]2OC(C)(C)O[C@@H]12. The summed E-state index contributed by atoms with van der Waals surface area (Å²) in [6.45, 7) is 7.41. The van der Waals surface area contributed by atoms with E-state index in [-0.39, 0.29) is 18.8 Å². The summed E-state index contributed by atoms with van der Waals surface area (Å²) in [7, 11) is 0. The summed E-state index contributed by atoms with van der Waals surface area (Å²) < 4.78 is 16.4. The average Bonchev–Trinajstić information content (AvgIpc) is 2.47. The topological polar surface area (TPSA) is 47.9 Å². The van der Waals surface area contributed by atoms with E-state index in [2.05, 4.69) is 6.58 Å². The Bertz CT molecular complexity index is 236. The van der Waals surface area contributed by atoms with Crippen LogP contribution in [0.3, 0.4) is 0 Å². The van der Waals surface area contributed by atoms with E-state index in [1.54, 1.807) is 0 Å². The second-order valence-electron chi connectivity index (χ2n) is 3.81. The van der Waals surface area contributed by atoms with Crippen LogP contribution in [0, 0.1) is 0 Å². The number of fused-ring (bicyclic) bond motifs is 1. The third-order valence-electron chi connectivity index (χ3n) is 2.30. The normalized spacial score (nSPS) is 42.4. The zero-order valence-electron chi connectivity index (χ0n) is 7.82. The Kier molecular flexibility index (Phi) is 1.96. The van der Waals surface area contributed by atoms with Crippen molar-refractivity contribution < 1.29 is 19.3 Å². The highest BCUT2D eigenvalue weighted by Gasteiger charge is 2.50. The third-order valence-corrected chi connectivity index (χ3v) is 2.30. The van der Waals surface area contributed by atoms with Crippen molar-refractivity contribution in [2.24, 2.45) is 0 Å². The monoisotopic (exact) mass is 186 g/mol. The third kappa shape index (κ3) is 1.40. The number of hydrogen-bond donors (Lipinski definition) is 1. The minimum absolute atomic E-state index is 0.0705. The maximum absolute atomic E-state index is 8.92. The van der Waals surface area contributed by atoms with Crippen LogP contribution in [0.1, 0.15) is 13.8 Å². The van der Waals surface area contributed by atoms with Crippen molar-refractivity contribution in [2.75, 3.05) is 6.61 Å². The van der Waals surface area contributed by atoms with E-state index in [4.69, 9.17) is 19.3 Å². The van der Waals surface area contributed by atoms with Gasteiger partial charge in [-0.3, -0.25) is 0 Å². The Labute approximate surface area is 77.1 Å². The number of aliphatic hydroxyl groups excluding tert-OH is 1. The fourth-order valence-electron chi connectivity index (χ4n) is 1.67. The van der Waals surface area contributed by atoms with Crippen LogP contribution in [0.5, 0.6) is 0 Å². The molecule has 2 saturated heterocycles. The maximum atomic E-state index is 8.92. The number of ether oxygens (including phenoxy) is 3. The van der Waals surface area contributed by atoms with Gasteiger partial charge in [-0.1, -0.05) is 6.58 Å². The van der Waals surface area contributed by atoms with Gasteiger partial charge in [0.05, 0.1) is 6.61 Å². The van der Waals surface area contributed by atoms with Gasteiger partial charge in [0.2, 0.25) is 0 Å². The van der Waals surface area contributed by atoms with E-state index < -0.39 is 12.1 Å². The minimum Gasteiger partial charge on any atom is -0.393 e. The summed E-state index contributed by atoms with van der Waals surface area (Å²) in [5.74, 6) is -0.612. The van der Waals surface area contributed by atoms with Crippen LogP contribution in [-0.2, 0) is 14.2 Å². The van der Waals surface area contributed by atoms with Gasteiger partial charge in [-0.2, -0.15) is 0 Å². The Morgan fingerprint density at radius 3 is 2.69 bits per heavy atom. The lowest BCUT2D eigenvalue weighted by molar-refractivity contribution is -0.202. The molecule has 0 aromatic rings. The Morgan fingerprint density at radius 2 is 2.15 bits per heavy atom. The Hall–Kier alpha value is -0.420. The largest absolute Gasteiger partial charge is 0.393 e. The molecule has 2 aliphatic rings. The molecule has 1 N–H and O–H groups in total. The summed E-state index contributed by atoms with van der Waals surface area (Å²) >= 11 is 0. The van der Waals surface area contributed by atoms with Gasteiger partial charge in [0.15, 0.2) is 12.1 Å². The van der Waals surface area contributed by atoms with Crippen LogP contribution in [0.15, 0.2) is 12.2 Å². The molecule has 2 fully saturated rings. The first-order valence-corrected chi connectivity index (χ1v) is 4.34. The van der Waals surface area contributed by atoms with E-state index in [1.165, 1.54) is 0 Å². The predicted octanol–water partition coefficient (Wildman–Crippen LogP) is 0.411. The van der Waals surface area contributed by atoms with Crippen molar-refractivity contribution in [3.8, 4) is 0 Å². The molecule has 0 radical (unpaired) electrons. The van der Waals surface area contributed by atoms with Gasteiger partial charge < -0.3 is 19.3 Å². The van der Waals surface area contributed by atoms with Crippen molar-refractivity contribution in [2.45, 2.75) is 38.1 Å². The summed E-state index contributed by atoms with van der Waals surface area (Å²) in [5, 5.41) is 8.92. The number of rotatable bonds is 1. The predicted molar refractivity (Wildman–Crippen MR) is 44.9 cm³/mol. The highest BCUT2D eigenvalue weighted by atomic mass is 16.8. The van der Waals surface area contributed by atoms with E-state index in [1.807, 2.05) is 13.8 Å². The fraction of sp³-hybridized carbons (Fsp3) is 0.778. The van der Waals surface area contributed by atoms with E-state index in [0.29, 0.717) is 0 Å². The molecule has 4 nitrogen and oxygen atoms in total. The molecule has 2 rings (SSSR count). The molecule has 0 aromatic carbocycles. The first-order valence-electron chi connectivity index (χ1n) is 4.34. The lowest BCUT2D eigenvalue weighted by atomic mass is 10.1. The smallest absolute Gasteiger partial charge is 0.191 e.